The fourth-order valence-electron chi connectivity index (χ4n) is 5.31. The van der Waals surface area contributed by atoms with Crippen molar-refractivity contribution < 1.29 is 27.2 Å². The van der Waals surface area contributed by atoms with Gasteiger partial charge in [-0.1, -0.05) is 5.16 Å². The van der Waals surface area contributed by atoms with Crippen LogP contribution in [0, 0.1) is 0 Å². The quantitative estimate of drug-likeness (QED) is 0.245. The summed E-state index contributed by atoms with van der Waals surface area (Å²) in [7, 11) is 2.26. The molecule has 2 aliphatic rings. The van der Waals surface area contributed by atoms with E-state index < -0.39 is 10.0 Å². The minimum Gasteiger partial charge on any atom is -0.495 e. The number of rotatable bonds is 10. The molecule has 0 bridgehead atoms. The Morgan fingerprint density at radius 1 is 1.00 bits per heavy atom. The molecule has 2 fully saturated rings. The lowest BCUT2D eigenvalue weighted by molar-refractivity contribution is 0.313. The molecule has 2 aromatic heterocycles. The van der Waals surface area contributed by atoms with E-state index in [0.29, 0.717) is 34.1 Å². The Morgan fingerprint density at radius 2 is 1.73 bits per heavy atom. The second-order valence-electron chi connectivity index (χ2n) is 10.2. The smallest absolute Gasteiger partial charge is 0.270 e. The zero-order valence-electron chi connectivity index (χ0n) is 22.8. The van der Waals surface area contributed by atoms with Gasteiger partial charge in [-0.3, -0.25) is 14.7 Å². The van der Waals surface area contributed by atoms with Gasteiger partial charge >= 0.3 is 0 Å². The van der Waals surface area contributed by atoms with Crippen LogP contribution in [-0.2, 0) is 10.0 Å². The summed E-state index contributed by atoms with van der Waals surface area (Å²) in [5.41, 5.74) is 2.99. The standard InChI is InChI=1S/C27H32N6O6S/c1-33-9-5-6-20(33)16-10-23(37-3)26(24(11-16)38-4)40(34,35)32-27-17-12-22(36-2)19(13-21(17)39-31-27)28-25-14-18(29-30-25)15-7-8-15/h10-15,20H,5-9H2,1-4H3,(H,31,32)(H2,28,29,30). The molecule has 40 heavy (non-hydrogen) atoms. The van der Waals surface area contributed by atoms with Gasteiger partial charge in [-0.05, 0) is 63.0 Å². The number of hydrogen-bond donors (Lipinski definition) is 3. The minimum atomic E-state index is -4.20. The fraction of sp³-hybridized carbons (Fsp3) is 0.407. The summed E-state index contributed by atoms with van der Waals surface area (Å²) in [5.74, 6) is 2.03. The summed E-state index contributed by atoms with van der Waals surface area (Å²) in [4.78, 5) is 2.12. The van der Waals surface area contributed by atoms with E-state index in [-0.39, 0.29) is 28.3 Å². The summed E-state index contributed by atoms with van der Waals surface area (Å²) in [6, 6.07) is 9.00. The lowest BCUT2D eigenvalue weighted by Crippen LogP contribution is -2.19. The van der Waals surface area contributed by atoms with Crippen LogP contribution in [0.15, 0.2) is 39.8 Å². The Labute approximate surface area is 232 Å². The SMILES string of the molecule is COc1cc2c(NS(=O)(=O)c3c(OC)cc(C4CCCN4C)cc3OC)noc2cc1Nc1cc(C2CC2)[nH]n1. The number of sulfonamides is 1. The molecule has 1 aliphatic heterocycles. The number of aromatic amines is 1. The maximum Gasteiger partial charge on any atom is 0.270 e. The number of nitrogens with one attached hydrogen (secondary N) is 3. The van der Waals surface area contributed by atoms with Crippen LogP contribution >= 0.6 is 0 Å². The number of H-pyrrole nitrogens is 1. The second kappa shape index (κ2) is 10.2. The maximum atomic E-state index is 13.7. The lowest BCUT2D eigenvalue weighted by Gasteiger charge is -2.22. The van der Waals surface area contributed by atoms with E-state index in [1.54, 1.807) is 24.3 Å². The molecule has 1 atom stereocenters. The van der Waals surface area contributed by atoms with Crippen molar-refractivity contribution in [2.24, 2.45) is 0 Å². The van der Waals surface area contributed by atoms with E-state index in [9.17, 15) is 8.42 Å². The molecule has 12 nitrogen and oxygen atoms in total. The van der Waals surface area contributed by atoms with Crippen LogP contribution in [0.4, 0.5) is 17.3 Å². The second-order valence-corrected chi connectivity index (χ2v) is 11.8. The van der Waals surface area contributed by atoms with E-state index in [1.807, 2.05) is 13.1 Å². The molecule has 0 spiro atoms. The number of fused-ring (bicyclic) bond motifs is 1. The van der Waals surface area contributed by atoms with Gasteiger partial charge in [-0.25, -0.2) is 8.42 Å². The molecule has 6 rings (SSSR count). The topological polar surface area (TPSA) is 144 Å². The Kier molecular flexibility index (Phi) is 6.70. The first-order valence-electron chi connectivity index (χ1n) is 13.1. The van der Waals surface area contributed by atoms with Crippen molar-refractivity contribution in [2.45, 2.75) is 42.5 Å². The van der Waals surface area contributed by atoms with Crippen LogP contribution in [-0.4, -0.2) is 63.6 Å². The van der Waals surface area contributed by atoms with Crippen molar-refractivity contribution >= 4 is 38.3 Å². The first-order valence-corrected chi connectivity index (χ1v) is 14.6. The molecule has 0 amide bonds. The number of methoxy groups -OCH3 is 3. The first-order chi connectivity index (χ1) is 19.3. The minimum absolute atomic E-state index is 0.0133. The van der Waals surface area contributed by atoms with Gasteiger partial charge in [0.25, 0.3) is 10.0 Å². The van der Waals surface area contributed by atoms with E-state index in [0.717, 1.165) is 43.5 Å². The molecule has 3 heterocycles. The van der Waals surface area contributed by atoms with Gasteiger partial charge in [0.2, 0.25) is 0 Å². The molecular weight excluding hydrogens is 536 g/mol. The van der Waals surface area contributed by atoms with Gasteiger partial charge in [-0.2, -0.15) is 5.10 Å². The number of ether oxygens (including phenoxy) is 3. The summed E-state index contributed by atoms with van der Waals surface area (Å²) in [6.45, 7) is 0.972. The maximum absolute atomic E-state index is 13.7. The van der Waals surface area contributed by atoms with Crippen molar-refractivity contribution in [3.63, 3.8) is 0 Å². The number of anilines is 3. The highest BCUT2D eigenvalue weighted by Gasteiger charge is 2.31. The number of nitrogens with zero attached hydrogens (tertiary/aromatic N) is 3. The highest BCUT2D eigenvalue weighted by Crippen LogP contribution is 2.43. The highest BCUT2D eigenvalue weighted by molar-refractivity contribution is 7.93. The fourth-order valence-corrected chi connectivity index (χ4v) is 6.63. The van der Waals surface area contributed by atoms with Crippen LogP contribution in [0.5, 0.6) is 17.2 Å². The van der Waals surface area contributed by atoms with E-state index in [1.165, 1.54) is 21.3 Å². The summed E-state index contributed by atoms with van der Waals surface area (Å²) in [6.07, 6.45) is 4.36. The monoisotopic (exact) mass is 568 g/mol. The van der Waals surface area contributed by atoms with Gasteiger partial charge in [-0.15, -0.1) is 0 Å². The average Bonchev–Trinajstić information content (AvgIpc) is 3.34. The molecule has 1 saturated heterocycles. The lowest BCUT2D eigenvalue weighted by atomic mass is 10.0. The number of benzene rings is 2. The van der Waals surface area contributed by atoms with Crippen molar-refractivity contribution in [3.05, 3.63) is 41.6 Å². The predicted octanol–water partition coefficient (Wildman–Crippen LogP) is 4.77. The van der Waals surface area contributed by atoms with Crippen molar-refractivity contribution in [3.8, 4) is 17.2 Å². The van der Waals surface area contributed by atoms with Gasteiger partial charge in [0.1, 0.15) is 17.2 Å². The highest BCUT2D eigenvalue weighted by atomic mass is 32.2. The Balaban J connectivity index is 1.32. The van der Waals surface area contributed by atoms with E-state index in [4.69, 9.17) is 18.7 Å². The van der Waals surface area contributed by atoms with Crippen LogP contribution in [0.2, 0.25) is 0 Å². The molecule has 212 valence electrons. The molecule has 4 aromatic rings. The van der Waals surface area contributed by atoms with Gasteiger partial charge < -0.3 is 24.1 Å². The zero-order valence-corrected chi connectivity index (χ0v) is 23.6. The molecule has 1 aliphatic carbocycles. The van der Waals surface area contributed by atoms with Crippen molar-refractivity contribution in [2.75, 3.05) is 45.0 Å². The molecule has 2 aromatic carbocycles. The summed E-state index contributed by atoms with van der Waals surface area (Å²) in [5, 5.41) is 15.1. The third-order valence-electron chi connectivity index (χ3n) is 7.56. The Morgan fingerprint density at radius 3 is 2.35 bits per heavy atom. The van der Waals surface area contributed by atoms with E-state index in [2.05, 4.69) is 30.3 Å². The molecule has 0 radical (unpaired) electrons. The molecule has 3 N–H and O–H groups in total. The normalized spacial score (nSPS) is 17.8. The summed E-state index contributed by atoms with van der Waals surface area (Å²) < 4.78 is 52.1. The van der Waals surface area contributed by atoms with Crippen LogP contribution < -0.4 is 24.2 Å². The molecule has 1 saturated carbocycles. The van der Waals surface area contributed by atoms with E-state index >= 15 is 0 Å². The van der Waals surface area contributed by atoms with Crippen LogP contribution in [0.3, 0.4) is 0 Å². The van der Waals surface area contributed by atoms with Gasteiger partial charge in [0, 0.05) is 29.8 Å². The molecule has 13 heteroatoms. The van der Waals surface area contributed by atoms with Gasteiger partial charge in [0.15, 0.2) is 22.1 Å². The zero-order chi connectivity index (χ0) is 28.0. The number of aromatic nitrogens is 3. The molecular formula is C27H32N6O6S. The Hall–Kier alpha value is -3.97. The average molecular weight is 569 g/mol. The number of hydrogen-bond acceptors (Lipinski definition) is 10. The van der Waals surface area contributed by atoms with Crippen molar-refractivity contribution in [1.82, 2.24) is 20.3 Å². The Bertz CT molecular complexity index is 1640. The van der Waals surface area contributed by atoms with Crippen LogP contribution in [0.1, 0.15) is 48.9 Å². The number of likely N-dealkylation sites (tertiary alicyclic amines) is 1. The third-order valence-corrected chi connectivity index (χ3v) is 8.96. The predicted molar refractivity (Wildman–Crippen MR) is 149 cm³/mol. The third kappa shape index (κ3) is 4.79. The van der Waals surface area contributed by atoms with Gasteiger partial charge in [0.05, 0.1) is 32.4 Å². The first kappa shape index (κ1) is 26.3. The molecule has 1 unspecified atom stereocenters. The largest absolute Gasteiger partial charge is 0.495 e. The van der Waals surface area contributed by atoms with Crippen molar-refractivity contribution in [1.29, 1.82) is 0 Å². The summed E-state index contributed by atoms with van der Waals surface area (Å²) >= 11 is 0. The van der Waals surface area contributed by atoms with Crippen LogP contribution in [0.25, 0.3) is 11.0 Å².